The Bertz CT molecular complexity index is 1180. The first-order valence-electron chi connectivity index (χ1n) is 11.2. The predicted molar refractivity (Wildman–Crippen MR) is 143 cm³/mol. The molecule has 1 saturated heterocycles. The van der Waals surface area contributed by atoms with Gasteiger partial charge in [0.1, 0.15) is 9.32 Å². The Kier molecular flexibility index (Phi) is 7.97. The average Bonchev–Trinajstić information content (AvgIpc) is 3.31. The topological polar surface area (TPSA) is 92.5 Å². The fourth-order valence-corrected chi connectivity index (χ4v) is 6.59. The van der Waals surface area contributed by atoms with Crippen LogP contribution in [0.2, 0.25) is 0 Å². The molecule has 0 saturated carbocycles. The van der Waals surface area contributed by atoms with E-state index in [1.807, 2.05) is 42.5 Å². The van der Waals surface area contributed by atoms with E-state index >= 15 is 0 Å². The van der Waals surface area contributed by atoms with Gasteiger partial charge in [0, 0.05) is 17.8 Å². The molecule has 6 nitrogen and oxygen atoms in total. The fourth-order valence-electron chi connectivity index (χ4n) is 4.02. The van der Waals surface area contributed by atoms with Gasteiger partial charge in [0.25, 0.3) is 11.8 Å². The largest absolute Gasteiger partial charge is 0.365 e. The molecule has 1 aromatic heterocycles. The van der Waals surface area contributed by atoms with Gasteiger partial charge in [-0.2, -0.15) is 0 Å². The minimum absolute atomic E-state index is 0.143. The van der Waals surface area contributed by atoms with Gasteiger partial charge in [-0.25, -0.2) is 0 Å². The molecule has 3 amide bonds. The molecule has 0 bridgehead atoms. The Labute approximate surface area is 212 Å². The number of allylic oxidation sites excluding steroid dienone is 2. The minimum Gasteiger partial charge on any atom is -0.365 e. The van der Waals surface area contributed by atoms with Crippen molar-refractivity contribution in [3.63, 3.8) is 0 Å². The highest BCUT2D eigenvalue weighted by Crippen LogP contribution is 2.38. The molecule has 1 aliphatic carbocycles. The lowest BCUT2D eigenvalue weighted by molar-refractivity contribution is -0.122. The average molecular weight is 512 g/mol. The van der Waals surface area contributed by atoms with Crippen LogP contribution >= 0.6 is 35.3 Å². The fraction of sp³-hybridized carbons (Fsp3) is 0.280. The molecule has 2 aliphatic rings. The van der Waals surface area contributed by atoms with Gasteiger partial charge in [-0.05, 0) is 49.3 Å². The Morgan fingerprint density at radius 3 is 2.71 bits per heavy atom. The van der Waals surface area contributed by atoms with Gasteiger partial charge in [-0.3, -0.25) is 19.3 Å². The quantitative estimate of drug-likeness (QED) is 0.388. The van der Waals surface area contributed by atoms with E-state index in [1.54, 1.807) is 6.08 Å². The van der Waals surface area contributed by atoms with Gasteiger partial charge in [0.2, 0.25) is 5.91 Å². The first-order valence-corrected chi connectivity index (χ1v) is 13.2. The number of benzene rings is 1. The first-order chi connectivity index (χ1) is 16.4. The number of thioether (sulfide) groups is 1. The zero-order valence-electron chi connectivity index (χ0n) is 18.5. The second-order valence-corrected chi connectivity index (χ2v) is 10.8. The minimum atomic E-state index is -0.500. The Hall–Kier alpha value is -2.75. The van der Waals surface area contributed by atoms with Crippen molar-refractivity contribution < 1.29 is 14.4 Å². The number of carbonyl (C=O) groups excluding carboxylic acids is 3. The van der Waals surface area contributed by atoms with Gasteiger partial charge >= 0.3 is 0 Å². The Morgan fingerprint density at radius 2 is 1.94 bits per heavy atom. The highest BCUT2D eigenvalue weighted by molar-refractivity contribution is 8.26. The van der Waals surface area contributed by atoms with Gasteiger partial charge in [-0.15, -0.1) is 11.3 Å². The van der Waals surface area contributed by atoms with Crippen LogP contribution in [-0.2, 0) is 22.4 Å². The third kappa shape index (κ3) is 5.65. The summed E-state index contributed by atoms with van der Waals surface area (Å²) in [6.07, 6.45) is 10.1. The second-order valence-electron chi connectivity index (χ2n) is 8.06. The van der Waals surface area contributed by atoms with Crippen LogP contribution in [0.1, 0.15) is 52.0 Å². The van der Waals surface area contributed by atoms with Crippen LogP contribution < -0.4 is 11.1 Å². The first kappa shape index (κ1) is 24.4. The smallest absolute Gasteiger partial charge is 0.266 e. The molecule has 0 unspecified atom stereocenters. The molecule has 0 spiro atoms. The molecule has 0 radical (unpaired) electrons. The van der Waals surface area contributed by atoms with Gasteiger partial charge < -0.3 is 11.1 Å². The number of primary amides is 1. The summed E-state index contributed by atoms with van der Waals surface area (Å²) in [7, 11) is 0. The second kappa shape index (κ2) is 11.1. The maximum atomic E-state index is 12.7. The lowest BCUT2D eigenvalue weighted by Crippen LogP contribution is -2.29. The number of thiophene rings is 1. The number of hydrogen-bond acceptors (Lipinski definition) is 6. The molecule has 9 heteroatoms. The summed E-state index contributed by atoms with van der Waals surface area (Å²) in [6.45, 7) is 0.363. The summed E-state index contributed by atoms with van der Waals surface area (Å²) in [5.74, 6) is -0.844. The number of carbonyl (C=O) groups is 3. The molecule has 176 valence electrons. The number of nitrogens with two attached hydrogens (primary N) is 1. The summed E-state index contributed by atoms with van der Waals surface area (Å²) < 4.78 is 0.492. The Balaban J connectivity index is 1.31. The highest BCUT2D eigenvalue weighted by atomic mass is 32.2. The zero-order valence-corrected chi connectivity index (χ0v) is 21.0. The number of nitrogens with zero attached hydrogens (tertiary/aromatic N) is 1. The van der Waals surface area contributed by atoms with E-state index in [0.717, 1.165) is 41.7 Å². The zero-order chi connectivity index (χ0) is 24.1. The number of thiocarbonyl (C=S) groups is 1. The molecule has 1 fully saturated rings. The van der Waals surface area contributed by atoms with E-state index in [0.29, 0.717) is 32.8 Å². The normalized spacial score (nSPS) is 16.9. The molecule has 3 N–H and O–H groups in total. The predicted octanol–water partition coefficient (Wildman–Crippen LogP) is 4.90. The third-order valence-corrected chi connectivity index (χ3v) is 8.27. The van der Waals surface area contributed by atoms with E-state index in [2.05, 4.69) is 5.32 Å². The molecule has 1 aliphatic heterocycles. The molecular weight excluding hydrogens is 486 g/mol. The summed E-state index contributed by atoms with van der Waals surface area (Å²) in [6, 6.07) is 9.83. The van der Waals surface area contributed by atoms with E-state index in [-0.39, 0.29) is 18.2 Å². The third-order valence-electron chi connectivity index (χ3n) is 5.67. The number of anilines is 1. The van der Waals surface area contributed by atoms with Crippen LogP contribution in [0.4, 0.5) is 5.00 Å². The van der Waals surface area contributed by atoms with Gasteiger partial charge in [-0.1, -0.05) is 66.5 Å². The monoisotopic (exact) mass is 511 g/mol. The van der Waals surface area contributed by atoms with Crippen molar-refractivity contribution in [2.75, 3.05) is 11.9 Å². The summed E-state index contributed by atoms with van der Waals surface area (Å²) in [5.41, 5.74) is 8.09. The van der Waals surface area contributed by atoms with Crippen LogP contribution in [0.3, 0.4) is 0 Å². The number of hydrogen-bond donors (Lipinski definition) is 2. The Morgan fingerprint density at radius 1 is 1.18 bits per heavy atom. The number of amides is 3. The van der Waals surface area contributed by atoms with Crippen molar-refractivity contribution in [1.82, 2.24) is 4.90 Å². The molecule has 2 heterocycles. The van der Waals surface area contributed by atoms with Crippen molar-refractivity contribution in [2.45, 2.75) is 38.5 Å². The van der Waals surface area contributed by atoms with E-state index in [1.165, 1.54) is 28.0 Å². The summed E-state index contributed by atoms with van der Waals surface area (Å²) in [4.78, 5) is 40.5. The molecule has 34 heavy (non-hydrogen) atoms. The molecule has 0 atom stereocenters. The standard InChI is InChI=1S/C25H25N3O3S3/c26-22(30)21-17-11-4-5-12-18(17)33-23(21)27-20(29)14-7-15-28-24(31)19(34-25(28)32)13-6-10-16-8-2-1-3-9-16/h1-3,6,8-10,13H,4-5,7,11-12,14-15H2,(H2,26,30)(H,27,29)/b10-6+,19-13-. The van der Waals surface area contributed by atoms with Crippen LogP contribution in [0.15, 0.2) is 47.4 Å². The summed E-state index contributed by atoms with van der Waals surface area (Å²) in [5, 5.41) is 3.41. The van der Waals surface area contributed by atoms with Crippen molar-refractivity contribution in [3.05, 3.63) is 69.0 Å². The number of rotatable bonds is 8. The van der Waals surface area contributed by atoms with Crippen LogP contribution in [0.25, 0.3) is 6.08 Å². The van der Waals surface area contributed by atoms with E-state index < -0.39 is 5.91 Å². The van der Waals surface area contributed by atoms with Crippen molar-refractivity contribution in [2.24, 2.45) is 5.73 Å². The number of aryl methyl sites for hydroxylation is 1. The van der Waals surface area contributed by atoms with Crippen LogP contribution in [-0.4, -0.2) is 33.5 Å². The highest BCUT2D eigenvalue weighted by Gasteiger charge is 2.31. The maximum Gasteiger partial charge on any atom is 0.266 e. The molecule has 1 aromatic carbocycles. The maximum absolute atomic E-state index is 12.7. The molecule has 4 rings (SSSR count). The van der Waals surface area contributed by atoms with E-state index in [9.17, 15) is 14.4 Å². The van der Waals surface area contributed by atoms with E-state index in [4.69, 9.17) is 18.0 Å². The van der Waals surface area contributed by atoms with Gasteiger partial charge in [0.05, 0.1) is 10.5 Å². The van der Waals surface area contributed by atoms with Crippen LogP contribution in [0, 0.1) is 0 Å². The van der Waals surface area contributed by atoms with Crippen LogP contribution in [0.5, 0.6) is 0 Å². The SMILES string of the molecule is NC(=O)c1c(NC(=O)CCCN2C(=O)/C(=C/C=C/c3ccccc3)SC2=S)sc2c1CCCC2. The molecule has 2 aromatic rings. The van der Waals surface area contributed by atoms with Crippen molar-refractivity contribution in [3.8, 4) is 0 Å². The van der Waals surface area contributed by atoms with Crippen molar-refractivity contribution >= 4 is 68.4 Å². The number of nitrogens with one attached hydrogen (secondary N) is 1. The number of fused-ring (bicyclic) bond motifs is 1. The lowest BCUT2D eigenvalue weighted by Gasteiger charge is -2.14. The summed E-state index contributed by atoms with van der Waals surface area (Å²) >= 11 is 8.09. The lowest BCUT2D eigenvalue weighted by atomic mass is 9.95. The van der Waals surface area contributed by atoms with Gasteiger partial charge in [0.15, 0.2) is 0 Å². The molecular formula is C25H25N3O3S3. The van der Waals surface area contributed by atoms with Crippen molar-refractivity contribution in [1.29, 1.82) is 0 Å².